The van der Waals surface area contributed by atoms with Gasteiger partial charge in [-0.3, -0.25) is 14.8 Å². The molecule has 0 saturated heterocycles. The van der Waals surface area contributed by atoms with Crippen molar-refractivity contribution in [2.45, 2.75) is 19.9 Å². The summed E-state index contributed by atoms with van der Waals surface area (Å²) >= 11 is 4.79. The molecule has 0 aliphatic carbocycles. The molecule has 0 aliphatic rings. The van der Waals surface area contributed by atoms with Crippen molar-refractivity contribution >= 4 is 18.4 Å². The minimum absolute atomic E-state index is 0.209. The molecule has 0 radical (unpaired) electrons. The fourth-order valence-corrected chi connectivity index (χ4v) is 1.01. The molecule has 0 atom stereocenters. The third-order valence-electron chi connectivity index (χ3n) is 1.29. The van der Waals surface area contributed by atoms with Crippen LogP contribution in [0.25, 0.3) is 0 Å². The van der Waals surface area contributed by atoms with Crippen molar-refractivity contribution in [1.29, 1.82) is 0 Å². The number of hydrogen-bond acceptors (Lipinski definition) is 3. The van der Waals surface area contributed by atoms with Gasteiger partial charge in [-0.25, -0.2) is 0 Å². The molecule has 0 bridgehead atoms. The number of aliphatic imine (C=N–C) groups is 1. The lowest BCUT2D eigenvalue weighted by Gasteiger charge is -1.95. The maximum Gasteiger partial charge on any atom is 0.252 e. The first kappa shape index (κ1) is 9.85. The van der Waals surface area contributed by atoms with Gasteiger partial charge in [0.2, 0.25) is 0 Å². The van der Waals surface area contributed by atoms with Crippen LogP contribution in [-0.2, 0) is 0 Å². The topological polar surface area (TPSA) is 61.0 Å². The summed E-state index contributed by atoms with van der Waals surface area (Å²) in [7, 11) is 0. The highest BCUT2D eigenvalue weighted by Crippen LogP contribution is 1.88. The first-order chi connectivity index (χ1) is 6.08. The Morgan fingerprint density at radius 1 is 1.54 bits per heavy atom. The Morgan fingerprint density at radius 2 is 2.23 bits per heavy atom. The van der Waals surface area contributed by atoms with Gasteiger partial charge in [-0.1, -0.05) is 0 Å². The van der Waals surface area contributed by atoms with Crippen LogP contribution in [-0.4, -0.2) is 22.2 Å². The molecule has 13 heavy (non-hydrogen) atoms. The van der Waals surface area contributed by atoms with Gasteiger partial charge in [-0.2, -0.15) is 0 Å². The molecule has 0 amide bonds. The van der Waals surface area contributed by atoms with E-state index in [0.717, 1.165) is 0 Å². The molecular weight excluding hydrogens is 186 g/mol. The molecule has 1 aromatic rings. The Bertz CT molecular complexity index is 388. The van der Waals surface area contributed by atoms with E-state index in [9.17, 15) is 4.79 Å². The summed E-state index contributed by atoms with van der Waals surface area (Å²) in [6.45, 7) is 3.91. The van der Waals surface area contributed by atoms with E-state index in [-0.39, 0.29) is 11.6 Å². The monoisotopic (exact) mass is 197 g/mol. The zero-order chi connectivity index (χ0) is 9.84. The second kappa shape index (κ2) is 4.13. The summed E-state index contributed by atoms with van der Waals surface area (Å²) in [6.07, 6.45) is 1.61. The number of aromatic nitrogens is 2. The van der Waals surface area contributed by atoms with E-state index in [4.69, 9.17) is 12.2 Å². The standard InChI is InChI=1S/C8H11N3OS/c1-5(2)9-4-6-3-7(12)11-8(13)10-6/h3-5H,1-2H3,(H2,10,11,12,13). The molecule has 0 spiro atoms. The van der Waals surface area contributed by atoms with Gasteiger partial charge >= 0.3 is 0 Å². The molecule has 4 nitrogen and oxygen atoms in total. The van der Waals surface area contributed by atoms with Gasteiger partial charge in [0.05, 0.1) is 5.69 Å². The van der Waals surface area contributed by atoms with Crippen LogP contribution < -0.4 is 5.56 Å². The molecule has 0 aliphatic heterocycles. The summed E-state index contributed by atoms with van der Waals surface area (Å²) in [5, 5.41) is 0. The fourth-order valence-electron chi connectivity index (χ4n) is 0.787. The normalized spacial score (nSPS) is 11.3. The van der Waals surface area contributed by atoms with Gasteiger partial charge in [0.15, 0.2) is 4.77 Å². The molecule has 1 aromatic heterocycles. The third-order valence-corrected chi connectivity index (χ3v) is 1.50. The molecule has 2 N–H and O–H groups in total. The number of H-pyrrole nitrogens is 2. The first-order valence-electron chi connectivity index (χ1n) is 3.95. The Balaban J connectivity index is 3.03. The molecule has 0 saturated carbocycles. The van der Waals surface area contributed by atoms with Crippen LogP contribution in [0, 0.1) is 4.77 Å². The highest BCUT2D eigenvalue weighted by molar-refractivity contribution is 7.71. The number of aromatic amines is 2. The van der Waals surface area contributed by atoms with Crippen molar-refractivity contribution in [2.75, 3.05) is 0 Å². The quantitative estimate of drug-likeness (QED) is 0.554. The van der Waals surface area contributed by atoms with E-state index in [1.54, 1.807) is 6.21 Å². The van der Waals surface area contributed by atoms with Crippen molar-refractivity contribution in [3.63, 3.8) is 0 Å². The SMILES string of the molecule is CC(C)N=Cc1cc(=O)[nH]c(=S)[nH]1. The van der Waals surface area contributed by atoms with E-state index in [2.05, 4.69) is 15.0 Å². The van der Waals surface area contributed by atoms with Gasteiger partial charge in [0, 0.05) is 18.3 Å². The average Bonchev–Trinajstić information content (AvgIpc) is 1.99. The largest absolute Gasteiger partial charge is 0.331 e. The molecular formula is C8H11N3OS. The Labute approximate surface area is 80.7 Å². The maximum absolute atomic E-state index is 11.0. The van der Waals surface area contributed by atoms with Crippen LogP contribution in [0.3, 0.4) is 0 Å². The molecule has 0 unspecified atom stereocenters. The predicted molar refractivity (Wildman–Crippen MR) is 55.0 cm³/mol. The van der Waals surface area contributed by atoms with Crippen LogP contribution in [0.1, 0.15) is 19.5 Å². The van der Waals surface area contributed by atoms with Crippen molar-refractivity contribution in [3.05, 3.63) is 26.9 Å². The van der Waals surface area contributed by atoms with Gasteiger partial charge in [-0.05, 0) is 26.1 Å². The molecule has 0 aromatic carbocycles. The molecule has 1 heterocycles. The van der Waals surface area contributed by atoms with Crippen molar-refractivity contribution in [3.8, 4) is 0 Å². The summed E-state index contributed by atoms with van der Waals surface area (Å²) in [6, 6.07) is 1.63. The fraction of sp³-hybridized carbons (Fsp3) is 0.375. The van der Waals surface area contributed by atoms with Gasteiger partial charge in [0.25, 0.3) is 5.56 Å². The summed E-state index contributed by atoms with van der Waals surface area (Å²) in [5.41, 5.74) is 0.413. The van der Waals surface area contributed by atoms with Crippen molar-refractivity contribution in [1.82, 2.24) is 9.97 Å². The number of nitrogens with one attached hydrogen (secondary N) is 2. The van der Waals surface area contributed by atoms with Crippen LogP contribution in [0.5, 0.6) is 0 Å². The lowest BCUT2D eigenvalue weighted by molar-refractivity contribution is 0.840. The van der Waals surface area contributed by atoms with Crippen molar-refractivity contribution < 1.29 is 0 Å². The molecule has 1 rings (SSSR count). The molecule has 70 valence electrons. The van der Waals surface area contributed by atoms with Crippen LogP contribution >= 0.6 is 12.2 Å². The predicted octanol–water partition coefficient (Wildman–Crippen LogP) is 1.26. The van der Waals surface area contributed by atoms with Gasteiger partial charge in [0.1, 0.15) is 0 Å². The zero-order valence-corrected chi connectivity index (χ0v) is 8.31. The number of hydrogen-bond donors (Lipinski definition) is 2. The minimum atomic E-state index is -0.214. The van der Waals surface area contributed by atoms with E-state index >= 15 is 0 Å². The van der Waals surface area contributed by atoms with E-state index < -0.39 is 0 Å². The van der Waals surface area contributed by atoms with E-state index in [1.807, 2.05) is 13.8 Å². The van der Waals surface area contributed by atoms with Crippen LogP contribution in [0.15, 0.2) is 15.9 Å². The number of nitrogens with zero attached hydrogens (tertiary/aromatic N) is 1. The Kier molecular flexibility index (Phi) is 3.13. The van der Waals surface area contributed by atoms with Gasteiger partial charge in [-0.15, -0.1) is 0 Å². The Hall–Kier alpha value is -1.23. The smallest absolute Gasteiger partial charge is 0.252 e. The van der Waals surface area contributed by atoms with Crippen LogP contribution in [0.2, 0.25) is 0 Å². The average molecular weight is 197 g/mol. The minimum Gasteiger partial charge on any atom is -0.331 e. The van der Waals surface area contributed by atoms with Crippen LogP contribution in [0.4, 0.5) is 0 Å². The number of rotatable bonds is 2. The highest BCUT2D eigenvalue weighted by atomic mass is 32.1. The maximum atomic E-state index is 11.0. The molecule has 0 fully saturated rings. The summed E-state index contributed by atoms with van der Waals surface area (Å²) in [4.78, 5) is 20.3. The second-order valence-corrected chi connectivity index (χ2v) is 3.32. The highest BCUT2D eigenvalue weighted by Gasteiger charge is 1.91. The summed E-state index contributed by atoms with van der Waals surface area (Å²) < 4.78 is 0.317. The zero-order valence-electron chi connectivity index (χ0n) is 7.50. The first-order valence-corrected chi connectivity index (χ1v) is 4.35. The van der Waals surface area contributed by atoms with E-state index in [0.29, 0.717) is 10.5 Å². The van der Waals surface area contributed by atoms with Crippen molar-refractivity contribution in [2.24, 2.45) is 4.99 Å². The Morgan fingerprint density at radius 3 is 2.77 bits per heavy atom. The second-order valence-electron chi connectivity index (χ2n) is 2.91. The van der Waals surface area contributed by atoms with E-state index in [1.165, 1.54) is 6.07 Å². The third kappa shape index (κ3) is 3.33. The molecule has 5 heteroatoms. The summed E-state index contributed by atoms with van der Waals surface area (Å²) in [5.74, 6) is 0. The lowest BCUT2D eigenvalue weighted by atomic mass is 10.4. The lowest BCUT2D eigenvalue weighted by Crippen LogP contribution is -2.08. The van der Waals surface area contributed by atoms with Gasteiger partial charge < -0.3 is 4.98 Å².